The fraction of sp³-hybridized carbons (Fsp3) is 0.771. The quantitative estimate of drug-likeness (QED) is 0.0258. The van der Waals surface area contributed by atoms with Crippen LogP contribution < -0.4 is 0 Å². The standard InChI is InChI=1S/C17H23Cl2N4O5P.C14H25O7P.C4H9F3O3SSi/c1-9-12(8-26-5-6-29(3,4)25)28-16(13(9)27-10(2)24)23-15-11(7-20-23)14(18)21-17(19)22-15;1-9-12(8-18-6-7-22(4,5)17)21-14(20-11(3)16)13(9)19-10(2)15;1-12(2,3)10-11(8,9)4(5,6)7/h7,9,12-13,16H,5-6,8H2,1-4H3;9,12-14H,6-8H2,1-5H3;1-3H3/t9-,12-,13-,16-;9-,12-,13?,14?;/m11./s1. The molecule has 8 atom stereocenters. The normalized spacial score (nSPS) is 24.2. The number of nitrogens with zero attached hydrogens (tertiary/aromatic N) is 4. The first kappa shape index (κ1) is 56.9. The first-order valence-corrected chi connectivity index (χ1v) is 30.4. The predicted molar refractivity (Wildman–Crippen MR) is 229 cm³/mol. The monoisotopic (exact) mass is 1020 g/mol. The minimum absolute atomic E-state index is 0.0252. The molecule has 362 valence electrons. The Balaban J connectivity index is 0.000000355. The van der Waals surface area contributed by atoms with Crippen molar-refractivity contribution in [3.05, 3.63) is 16.6 Å². The van der Waals surface area contributed by atoms with Crippen molar-refractivity contribution >= 4 is 84.9 Å². The van der Waals surface area contributed by atoms with Crippen molar-refractivity contribution in [2.45, 2.75) is 96.7 Å². The van der Waals surface area contributed by atoms with Crippen LogP contribution in [0.2, 0.25) is 30.1 Å². The smallest absolute Gasteiger partial charge is 0.457 e. The molecule has 2 fully saturated rings. The highest BCUT2D eigenvalue weighted by atomic mass is 35.5. The van der Waals surface area contributed by atoms with Gasteiger partial charge < -0.3 is 46.2 Å². The minimum Gasteiger partial charge on any atom is -0.457 e. The van der Waals surface area contributed by atoms with E-state index in [9.17, 15) is 45.1 Å². The Bertz CT molecular complexity index is 2090. The average molecular weight is 1020 g/mol. The Hall–Kier alpha value is -2.24. The molecule has 0 bridgehead atoms. The zero-order valence-electron chi connectivity index (χ0n) is 37.0. The molecule has 0 spiro atoms. The highest BCUT2D eigenvalue weighted by Gasteiger charge is 2.50. The van der Waals surface area contributed by atoms with Gasteiger partial charge in [0.25, 0.3) is 0 Å². The molecule has 2 unspecified atom stereocenters. The molecule has 2 aliphatic heterocycles. The molecule has 4 heterocycles. The topological polar surface area (TPSA) is 237 Å². The van der Waals surface area contributed by atoms with E-state index in [1.165, 1.54) is 51.3 Å². The number of alkyl halides is 3. The van der Waals surface area contributed by atoms with Gasteiger partial charge in [-0.05, 0) is 57.9 Å². The molecule has 63 heavy (non-hydrogen) atoms. The van der Waals surface area contributed by atoms with Gasteiger partial charge in [-0.3, -0.25) is 14.4 Å². The van der Waals surface area contributed by atoms with Crippen molar-refractivity contribution in [3.8, 4) is 0 Å². The molecule has 19 nitrogen and oxygen atoms in total. The molecule has 2 saturated heterocycles. The third-order valence-corrected chi connectivity index (χ3v) is 15.1. The number of carbonyl (C=O) groups excluding carboxylic acids is 3. The molecule has 0 saturated carbocycles. The fourth-order valence-corrected chi connectivity index (χ4v) is 10.2. The van der Waals surface area contributed by atoms with Gasteiger partial charge in [-0.1, -0.05) is 25.4 Å². The molecule has 28 heteroatoms. The molecule has 2 aliphatic rings. The molecular formula is C35H57Cl2F3N4O15P2SSi. The maximum Gasteiger partial charge on any atom is 0.522 e. The van der Waals surface area contributed by atoms with E-state index in [-0.39, 0.29) is 47.7 Å². The van der Waals surface area contributed by atoms with Crippen molar-refractivity contribution in [2.75, 3.05) is 65.4 Å². The summed E-state index contributed by atoms with van der Waals surface area (Å²) < 4.78 is 123. The predicted octanol–water partition coefficient (Wildman–Crippen LogP) is 6.41. The lowest BCUT2D eigenvalue weighted by Crippen LogP contribution is -2.36. The van der Waals surface area contributed by atoms with Crippen LogP contribution >= 0.6 is 37.5 Å². The molecule has 0 aliphatic carbocycles. The number of carbonyl (C=O) groups is 3. The molecule has 0 aromatic carbocycles. The van der Waals surface area contributed by atoms with Crippen molar-refractivity contribution < 1.29 is 82.1 Å². The van der Waals surface area contributed by atoms with Gasteiger partial charge in [-0.2, -0.15) is 31.7 Å². The van der Waals surface area contributed by atoms with E-state index in [0.717, 1.165) is 0 Å². The van der Waals surface area contributed by atoms with Gasteiger partial charge in [0.2, 0.25) is 19.9 Å². The second kappa shape index (κ2) is 23.5. The second-order valence-electron chi connectivity index (χ2n) is 16.5. The second-order valence-corrected chi connectivity index (χ2v) is 30.7. The van der Waals surface area contributed by atoms with E-state index < -0.39 is 80.9 Å². The zero-order valence-corrected chi connectivity index (χ0v) is 42.2. The van der Waals surface area contributed by atoms with Gasteiger partial charge in [0.15, 0.2) is 24.1 Å². The van der Waals surface area contributed by atoms with Crippen LogP contribution in [0.4, 0.5) is 13.2 Å². The summed E-state index contributed by atoms with van der Waals surface area (Å²) in [6.45, 7) is 19.8. The third kappa shape index (κ3) is 19.3. The Morgan fingerprint density at radius 3 is 1.70 bits per heavy atom. The van der Waals surface area contributed by atoms with Crippen LogP contribution in [0.3, 0.4) is 0 Å². The van der Waals surface area contributed by atoms with E-state index in [4.69, 9.17) is 56.4 Å². The number of hydrogen-bond acceptors (Lipinski definition) is 18. The largest absolute Gasteiger partial charge is 0.522 e. The molecule has 4 rings (SSSR count). The van der Waals surface area contributed by atoms with Gasteiger partial charge >= 0.3 is 33.5 Å². The molecule has 0 N–H and O–H groups in total. The van der Waals surface area contributed by atoms with Crippen LogP contribution in [0.25, 0.3) is 11.0 Å². The number of fused-ring (bicyclic) bond motifs is 1. The highest BCUT2D eigenvalue weighted by Crippen LogP contribution is 2.39. The Kier molecular flexibility index (Phi) is 21.2. The number of halogens is 5. The summed E-state index contributed by atoms with van der Waals surface area (Å²) in [6.07, 6.45) is -1.14. The van der Waals surface area contributed by atoms with Crippen LogP contribution in [-0.2, 0) is 70.7 Å². The van der Waals surface area contributed by atoms with E-state index >= 15 is 0 Å². The van der Waals surface area contributed by atoms with Crippen LogP contribution in [-0.4, -0.2) is 156 Å². The van der Waals surface area contributed by atoms with E-state index in [1.54, 1.807) is 26.7 Å². The average Bonchev–Trinajstić information content (AvgIpc) is 3.72. The summed E-state index contributed by atoms with van der Waals surface area (Å²) in [4.78, 5) is 42.1. The van der Waals surface area contributed by atoms with Gasteiger partial charge in [-0.25, -0.2) is 9.67 Å². The maximum absolute atomic E-state index is 11.8. The Labute approximate surface area is 376 Å². The lowest BCUT2D eigenvalue weighted by Gasteiger charge is -2.21. The van der Waals surface area contributed by atoms with Crippen molar-refractivity contribution in [1.82, 2.24) is 19.7 Å². The number of rotatable bonds is 16. The molecular weight excluding hydrogens is 966 g/mol. The fourth-order valence-electron chi connectivity index (χ4n) is 5.63. The van der Waals surface area contributed by atoms with Crippen molar-refractivity contribution in [3.63, 3.8) is 0 Å². The summed E-state index contributed by atoms with van der Waals surface area (Å²) in [6, 6.07) is 0. The van der Waals surface area contributed by atoms with Crippen molar-refractivity contribution in [2.24, 2.45) is 11.8 Å². The van der Waals surface area contributed by atoms with Crippen LogP contribution in [0, 0.1) is 11.8 Å². The van der Waals surface area contributed by atoms with E-state index in [1.807, 2.05) is 13.8 Å². The Morgan fingerprint density at radius 1 is 0.810 bits per heavy atom. The van der Waals surface area contributed by atoms with E-state index in [0.29, 0.717) is 36.6 Å². The highest BCUT2D eigenvalue weighted by molar-refractivity contribution is 7.88. The maximum atomic E-state index is 11.8. The van der Waals surface area contributed by atoms with Gasteiger partial charge in [0, 0.05) is 44.9 Å². The SMILES string of the molecule is CC(=O)OC1O[C@H](COCCP(C)(C)=O)[C@@H](C)C1OC(C)=O.CC(=O)O[C@@H]1[C@H](C)[C@@H](COCCP(C)(C)=O)O[C@H]1n1ncc2c(Cl)nc(Cl)nc21.C[Si](C)(C)OS(=O)(=O)C(F)(F)F. The molecule has 0 radical (unpaired) electrons. The van der Waals surface area contributed by atoms with Crippen LogP contribution in [0.15, 0.2) is 6.20 Å². The number of esters is 3. The summed E-state index contributed by atoms with van der Waals surface area (Å²) >= 11 is 12.1. The number of ether oxygens (including phenoxy) is 7. The molecule has 2 aromatic heterocycles. The van der Waals surface area contributed by atoms with Gasteiger partial charge in [0.05, 0.1) is 64.5 Å². The lowest BCUT2D eigenvalue weighted by atomic mass is 10.0. The third-order valence-electron chi connectivity index (χ3n) is 8.64. The van der Waals surface area contributed by atoms with Crippen LogP contribution in [0.1, 0.15) is 40.8 Å². The van der Waals surface area contributed by atoms with E-state index in [2.05, 4.69) is 18.9 Å². The first-order valence-electron chi connectivity index (χ1n) is 19.3. The Morgan fingerprint density at radius 2 is 1.27 bits per heavy atom. The summed E-state index contributed by atoms with van der Waals surface area (Å²) in [7, 11) is -12.4. The lowest BCUT2D eigenvalue weighted by molar-refractivity contribution is -0.196. The summed E-state index contributed by atoms with van der Waals surface area (Å²) in [5.41, 5.74) is -4.93. The summed E-state index contributed by atoms with van der Waals surface area (Å²) in [5.74, 6) is -1.75. The first-order chi connectivity index (χ1) is 28.6. The van der Waals surface area contributed by atoms with Crippen molar-refractivity contribution in [1.29, 1.82) is 0 Å². The number of hydrogen-bond donors (Lipinski definition) is 0. The molecule has 2 aromatic rings. The zero-order chi connectivity index (χ0) is 48.5. The summed E-state index contributed by atoms with van der Waals surface area (Å²) in [5, 5.41) is 4.97. The molecule has 0 amide bonds. The number of aromatic nitrogens is 4. The minimum atomic E-state index is -5.39. The van der Waals surface area contributed by atoms with Gasteiger partial charge in [0.1, 0.15) is 5.15 Å². The van der Waals surface area contributed by atoms with Crippen LogP contribution in [0.5, 0.6) is 0 Å². The van der Waals surface area contributed by atoms with Gasteiger partial charge in [-0.15, -0.1) is 0 Å².